The number of allylic oxidation sites excluding steroid dienone is 17. The van der Waals surface area contributed by atoms with Gasteiger partial charge in [0.15, 0.2) is 6.29 Å². The van der Waals surface area contributed by atoms with E-state index in [1.807, 2.05) is 6.08 Å². The van der Waals surface area contributed by atoms with Crippen molar-refractivity contribution in [1.82, 2.24) is 5.32 Å². The molecule has 70 heavy (non-hydrogen) atoms. The number of nitrogens with one attached hydrogen (secondary N) is 1. The Morgan fingerprint density at radius 3 is 1.31 bits per heavy atom. The number of carbonyl (C=O) groups is 1. The summed E-state index contributed by atoms with van der Waals surface area (Å²) in [6.45, 7) is 3.56. The summed E-state index contributed by atoms with van der Waals surface area (Å²) in [5.41, 5.74) is 0. The fourth-order valence-corrected chi connectivity index (χ4v) is 8.17. The van der Waals surface area contributed by atoms with Crippen molar-refractivity contribution in [2.75, 3.05) is 13.2 Å². The highest BCUT2D eigenvalue weighted by molar-refractivity contribution is 5.76. The molecular weight excluding hydrogens is 875 g/mol. The molecule has 1 saturated heterocycles. The van der Waals surface area contributed by atoms with Crippen molar-refractivity contribution in [2.24, 2.45) is 0 Å². The molecule has 6 N–H and O–H groups in total. The van der Waals surface area contributed by atoms with Crippen molar-refractivity contribution in [3.63, 3.8) is 0 Å². The Morgan fingerprint density at radius 2 is 0.886 bits per heavy atom. The maximum Gasteiger partial charge on any atom is 0.220 e. The molecular formula is C61H103NO8. The molecule has 400 valence electrons. The van der Waals surface area contributed by atoms with Gasteiger partial charge in [-0.2, -0.15) is 0 Å². The summed E-state index contributed by atoms with van der Waals surface area (Å²) >= 11 is 0. The molecule has 0 aliphatic carbocycles. The van der Waals surface area contributed by atoms with Gasteiger partial charge in [0.05, 0.1) is 25.4 Å². The molecule has 0 radical (unpaired) electrons. The van der Waals surface area contributed by atoms with E-state index >= 15 is 0 Å². The number of ether oxygens (including phenoxy) is 2. The molecule has 1 rings (SSSR count). The van der Waals surface area contributed by atoms with Crippen LogP contribution in [-0.4, -0.2) is 87.5 Å². The molecule has 9 nitrogen and oxygen atoms in total. The molecule has 0 aromatic heterocycles. The van der Waals surface area contributed by atoms with E-state index in [-0.39, 0.29) is 12.5 Å². The summed E-state index contributed by atoms with van der Waals surface area (Å²) in [7, 11) is 0. The SMILES string of the molecule is CC/C=C\C/C=C\C/C=C\C/C=C\C/C=C\C/C=C\C/C=C\C/C=C\CCCCCCCCCCCCCCCCCCC(=O)NC(COC1OC(CO)C(O)C(O)C1O)C(O)/C=C/CCCCCC. The zero-order valence-electron chi connectivity index (χ0n) is 44.2. The molecule has 0 bridgehead atoms. The van der Waals surface area contributed by atoms with Gasteiger partial charge in [-0.1, -0.05) is 232 Å². The second kappa shape index (κ2) is 49.4. The van der Waals surface area contributed by atoms with E-state index < -0.39 is 49.5 Å². The molecule has 0 saturated carbocycles. The summed E-state index contributed by atoms with van der Waals surface area (Å²) in [6.07, 6.45) is 66.4. The summed E-state index contributed by atoms with van der Waals surface area (Å²) in [5, 5.41) is 53.9. The first kappa shape index (κ1) is 64.9. The molecule has 9 heteroatoms. The van der Waals surface area contributed by atoms with Gasteiger partial charge in [-0.3, -0.25) is 4.79 Å². The molecule has 1 heterocycles. The summed E-state index contributed by atoms with van der Waals surface area (Å²) < 4.78 is 11.2. The fourth-order valence-electron chi connectivity index (χ4n) is 8.17. The van der Waals surface area contributed by atoms with Crippen LogP contribution in [-0.2, 0) is 14.3 Å². The van der Waals surface area contributed by atoms with Crippen LogP contribution in [0.15, 0.2) is 109 Å². The minimum atomic E-state index is -1.57. The lowest BCUT2D eigenvalue weighted by atomic mass is 9.99. The summed E-state index contributed by atoms with van der Waals surface area (Å²) in [5.74, 6) is -0.186. The number of carbonyl (C=O) groups excluding carboxylic acids is 1. The van der Waals surface area contributed by atoms with Crippen LogP contribution in [0.25, 0.3) is 0 Å². The first-order chi connectivity index (χ1) is 34.3. The van der Waals surface area contributed by atoms with E-state index in [4.69, 9.17) is 9.47 Å². The molecule has 7 unspecified atom stereocenters. The predicted molar refractivity (Wildman–Crippen MR) is 294 cm³/mol. The van der Waals surface area contributed by atoms with Crippen LogP contribution < -0.4 is 5.32 Å². The van der Waals surface area contributed by atoms with E-state index in [0.29, 0.717) is 6.42 Å². The van der Waals surface area contributed by atoms with Gasteiger partial charge >= 0.3 is 0 Å². The van der Waals surface area contributed by atoms with Crippen LogP contribution in [0.1, 0.15) is 213 Å². The van der Waals surface area contributed by atoms with Crippen LogP contribution in [0.4, 0.5) is 0 Å². The Kier molecular flexibility index (Phi) is 45.8. The van der Waals surface area contributed by atoms with Gasteiger partial charge in [0.2, 0.25) is 5.91 Å². The third kappa shape index (κ3) is 38.5. The Hall–Kier alpha value is -3.15. The van der Waals surface area contributed by atoms with E-state index in [2.05, 4.69) is 116 Å². The first-order valence-corrected chi connectivity index (χ1v) is 28.1. The number of aliphatic hydroxyl groups is 5. The Morgan fingerprint density at radius 1 is 0.500 bits per heavy atom. The molecule has 1 amide bonds. The van der Waals surface area contributed by atoms with Crippen molar-refractivity contribution in [1.29, 1.82) is 0 Å². The maximum atomic E-state index is 12.9. The smallest absolute Gasteiger partial charge is 0.220 e. The fraction of sp³-hybridized carbons (Fsp3) is 0.689. The van der Waals surface area contributed by atoms with Crippen LogP contribution >= 0.6 is 0 Å². The van der Waals surface area contributed by atoms with Crippen LogP contribution in [0.2, 0.25) is 0 Å². The second-order valence-electron chi connectivity index (χ2n) is 19.0. The lowest BCUT2D eigenvalue weighted by Gasteiger charge is -2.40. The molecule has 1 fully saturated rings. The molecule has 0 aromatic rings. The van der Waals surface area contributed by atoms with Gasteiger partial charge in [0.1, 0.15) is 24.4 Å². The Labute approximate surface area is 427 Å². The largest absolute Gasteiger partial charge is 0.394 e. The van der Waals surface area contributed by atoms with Crippen molar-refractivity contribution in [3.05, 3.63) is 109 Å². The minimum Gasteiger partial charge on any atom is -0.394 e. The lowest BCUT2D eigenvalue weighted by molar-refractivity contribution is -0.302. The molecule has 1 aliphatic rings. The van der Waals surface area contributed by atoms with Gasteiger partial charge in [-0.15, -0.1) is 0 Å². The van der Waals surface area contributed by atoms with Crippen molar-refractivity contribution >= 4 is 5.91 Å². The van der Waals surface area contributed by atoms with Crippen LogP contribution in [0.3, 0.4) is 0 Å². The zero-order chi connectivity index (χ0) is 50.8. The molecule has 0 spiro atoms. The van der Waals surface area contributed by atoms with E-state index in [1.54, 1.807) is 6.08 Å². The topological polar surface area (TPSA) is 149 Å². The third-order valence-electron chi connectivity index (χ3n) is 12.6. The lowest BCUT2D eigenvalue weighted by Crippen LogP contribution is -2.60. The number of hydrogen-bond acceptors (Lipinski definition) is 8. The summed E-state index contributed by atoms with van der Waals surface area (Å²) in [4.78, 5) is 12.9. The Balaban J connectivity index is 2.01. The number of unbranched alkanes of at least 4 members (excludes halogenated alkanes) is 20. The highest BCUT2D eigenvalue weighted by Gasteiger charge is 2.44. The predicted octanol–water partition coefficient (Wildman–Crippen LogP) is 13.8. The number of rotatable bonds is 46. The average molecular weight is 978 g/mol. The molecule has 0 aromatic carbocycles. The second-order valence-corrected chi connectivity index (χ2v) is 19.0. The minimum absolute atomic E-state index is 0.186. The quantitative estimate of drug-likeness (QED) is 0.0261. The van der Waals surface area contributed by atoms with Gasteiger partial charge in [0.25, 0.3) is 0 Å². The highest BCUT2D eigenvalue weighted by atomic mass is 16.7. The van der Waals surface area contributed by atoms with Gasteiger partial charge < -0.3 is 40.3 Å². The standard InChI is InChI=1S/C61H103NO8/c1-3-5-7-9-11-12-13-14-15-16-17-18-19-20-21-22-23-24-25-26-27-28-29-30-31-32-33-34-35-36-37-38-39-40-41-42-43-44-45-47-49-51-57(65)62-54(55(64)50-48-46-10-8-6-4-2)53-69-61-60(68)59(67)58(66)56(52-63)70-61/h5,7,11-12,14-15,17-18,20-21,23-24,26-27,29-30,48,50,54-56,58-61,63-64,66-68H,3-4,6,8-10,13,16,19,22,25,28,31-47,49,51-53H2,1-2H3,(H,62,65)/b7-5-,12-11-,15-14-,18-17-,21-20-,24-23-,27-26-,30-29-,50-48+. The molecule has 7 atom stereocenters. The van der Waals surface area contributed by atoms with E-state index in [1.165, 1.54) is 89.9 Å². The number of amides is 1. The van der Waals surface area contributed by atoms with Crippen molar-refractivity contribution in [3.8, 4) is 0 Å². The number of hydrogen-bond donors (Lipinski definition) is 6. The van der Waals surface area contributed by atoms with Gasteiger partial charge in [0, 0.05) is 6.42 Å². The van der Waals surface area contributed by atoms with E-state index in [0.717, 1.165) is 103 Å². The van der Waals surface area contributed by atoms with Crippen LogP contribution in [0, 0.1) is 0 Å². The number of aliphatic hydroxyl groups excluding tert-OH is 5. The highest BCUT2D eigenvalue weighted by Crippen LogP contribution is 2.23. The monoisotopic (exact) mass is 978 g/mol. The summed E-state index contributed by atoms with van der Waals surface area (Å²) in [6, 6.07) is -0.805. The van der Waals surface area contributed by atoms with E-state index in [9.17, 15) is 30.3 Å². The maximum absolute atomic E-state index is 12.9. The first-order valence-electron chi connectivity index (χ1n) is 28.1. The van der Waals surface area contributed by atoms with Crippen molar-refractivity contribution in [2.45, 2.75) is 256 Å². The third-order valence-corrected chi connectivity index (χ3v) is 12.6. The Bertz CT molecular complexity index is 1460. The zero-order valence-corrected chi connectivity index (χ0v) is 44.2. The normalized spacial score (nSPS) is 20.2. The van der Waals surface area contributed by atoms with Gasteiger partial charge in [-0.05, 0) is 83.5 Å². The van der Waals surface area contributed by atoms with Crippen molar-refractivity contribution < 1.29 is 39.8 Å². The van der Waals surface area contributed by atoms with Crippen LogP contribution in [0.5, 0.6) is 0 Å². The average Bonchev–Trinajstić information content (AvgIpc) is 3.36. The molecule has 1 aliphatic heterocycles. The van der Waals surface area contributed by atoms with Gasteiger partial charge in [-0.25, -0.2) is 0 Å².